The fourth-order valence-electron chi connectivity index (χ4n) is 3.43. The highest BCUT2D eigenvalue weighted by atomic mass is 16.4. The first-order chi connectivity index (χ1) is 12.0. The molecule has 25 heavy (non-hydrogen) atoms. The van der Waals surface area contributed by atoms with E-state index in [1.54, 1.807) is 6.92 Å². The second-order valence-electron chi connectivity index (χ2n) is 6.81. The predicted octanol–water partition coefficient (Wildman–Crippen LogP) is 2.26. The summed E-state index contributed by atoms with van der Waals surface area (Å²) >= 11 is 0. The zero-order valence-corrected chi connectivity index (χ0v) is 15.3. The van der Waals surface area contributed by atoms with E-state index < -0.39 is 0 Å². The van der Waals surface area contributed by atoms with Crippen molar-refractivity contribution in [2.45, 2.75) is 52.1 Å². The van der Waals surface area contributed by atoms with Crippen LogP contribution in [0.15, 0.2) is 16.5 Å². The number of carbonyl (C=O) groups excluding carboxylic acids is 1. The summed E-state index contributed by atoms with van der Waals surface area (Å²) in [6, 6.07) is 4.50. The van der Waals surface area contributed by atoms with Crippen LogP contribution in [0.4, 0.5) is 0 Å². The average molecular weight is 345 g/mol. The molecule has 0 unspecified atom stereocenters. The Hall–Kier alpha value is -2.15. The van der Waals surface area contributed by atoms with Gasteiger partial charge in [0.1, 0.15) is 5.69 Å². The Morgan fingerprint density at radius 2 is 2.20 bits per heavy atom. The van der Waals surface area contributed by atoms with Gasteiger partial charge in [-0.15, -0.1) is 10.2 Å². The molecular formula is C18H27N5O2. The standard InChI is InChI=1S/C18H27N5O2/c1-13-7-8-16(22(13)3)18-21-20-17(25-18)12-23-11-5-4-6-15(23)9-10-19-14(2)24/h7-8,15H,4-6,9-12H2,1-3H3,(H,19,24)/t15-/m0/s1. The van der Waals surface area contributed by atoms with E-state index in [1.807, 2.05) is 26.1 Å². The lowest BCUT2D eigenvalue weighted by molar-refractivity contribution is -0.119. The third-order valence-corrected chi connectivity index (χ3v) is 5.00. The lowest BCUT2D eigenvalue weighted by Crippen LogP contribution is -2.41. The van der Waals surface area contributed by atoms with Crippen LogP contribution in [0.2, 0.25) is 0 Å². The number of aromatic nitrogens is 3. The molecule has 1 N–H and O–H groups in total. The van der Waals surface area contributed by atoms with Crippen LogP contribution < -0.4 is 5.32 Å². The maximum absolute atomic E-state index is 11.1. The van der Waals surface area contributed by atoms with Crippen molar-refractivity contribution in [2.75, 3.05) is 13.1 Å². The minimum atomic E-state index is 0.0294. The minimum Gasteiger partial charge on any atom is -0.418 e. The molecule has 1 atom stereocenters. The van der Waals surface area contributed by atoms with Crippen molar-refractivity contribution in [3.05, 3.63) is 23.7 Å². The number of nitrogens with zero attached hydrogens (tertiary/aromatic N) is 4. The smallest absolute Gasteiger partial charge is 0.264 e. The molecule has 2 aromatic heterocycles. The normalized spacial score (nSPS) is 18.4. The molecule has 3 rings (SSSR count). The number of carbonyl (C=O) groups is 1. The van der Waals surface area contributed by atoms with Gasteiger partial charge in [0.05, 0.1) is 6.54 Å². The molecule has 7 nitrogen and oxygen atoms in total. The van der Waals surface area contributed by atoms with Gasteiger partial charge in [0.15, 0.2) is 0 Å². The minimum absolute atomic E-state index is 0.0294. The third kappa shape index (κ3) is 4.28. The van der Waals surface area contributed by atoms with Gasteiger partial charge >= 0.3 is 0 Å². The number of amides is 1. The Labute approximate surface area is 148 Å². The SMILES string of the molecule is CC(=O)NCC[C@@H]1CCCCN1Cc1nnc(-c2ccc(C)n2C)o1. The number of hydrogen-bond acceptors (Lipinski definition) is 5. The van der Waals surface area contributed by atoms with Crippen molar-refractivity contribution in [2.24, 2.45) is 7.05 Å². The van der Waals surface area contributed by atoms with Gasteiger partial charge < -0.3 is 14.3 Å². The van der Waals surface area contributed by atoms with E-state index in [-0.39, 0.29) is 5.91 Å². The molecule has 1 aliphatic heterocycles. The molecule has 1 saturated heterocycles. The Balaban J connectivity index is 1.64. The highest BCUT2D eigenvalue weighted by Crippen LogP contribution is 2.24. The van der Waals surface area contributed by atoms with Crippen LogP contribution in [-0.4, -0.2) is 44.7 Å². The fourth-order valence-corrected chi connectivity index (χ4v) is 3.43. The van der Waals surface area contributed by atoms with Crippen LogP contribution in [0, 0.1) is 6.92 Å². The molecule has 3 heterocycles. The van der Waals surface area contributed by atoms with Crippen molar-refractivity contribution in [1.29, 1.82) is 0 Å². The number of rotatable bonds is 6. The number of piperidine rings is 1. The molecule has 0 aromatic carbocycles. The van der Waals surface area contributed by atoms with Crippen molar-refractivity contribution >= 4 is 5.91 Å². The van der Waals surface area contributed by atoms with Gasteiger partial charge in [0.25, 0.3) is 5.89 Å². The van der Waals surface area contributed by atoms with Gasteiger partial charge in [0, 0.05) is 32.3 Å². The van der Waals surface area contributed by atoms with Crippen molar-refractivity contribution < 1.29 is 9.21 Å². The molecule has 0 aliphatic carbocycles. The molecule has 1 amide bonds. The second kappa shape index (κ2) is 7.82. The van der Waals surface area contributed by atoms with Crippen LogP contribution in [0.25, 0.3) is 11.6 Å². The topological polar surface area (TPSA) is 76.2 Å². The molecule has 2 aromatic rings. The van der Waals surface area contributed by atoms with Gasteiger partial charge in [-0.1, -0.05) is 6.42 Å². The molecule has 136 valence electrons. The first-order valence-electron chi connectivity index (χ1n) is 8.98. The van der Waals surface area contributed by atoms with Gasteiger partial charge in [-0.2, -0.15) is 0 Å². The monoisotopic (exact) mass is 345 g/mol. The van der Waals surface area contributed by atoms with Crippen LogP contribution in [0.5, 0.6) is 0 Å². The highest BCUT2D eigenvalue weighted by molar-refractivity contribution is 5.72. The molecule has 1 aliphatic rings. The number of nitrogens with one attached hydrogen (secondary N) is 1. The van der Waals surface area contributed by atoms with Gasteiger partial charge in [-0.25, -0.2) is 0 Å². The Kier molecular flexibility index (Phi) is 5.53. The highest BCUT2D eigenvalue weighted by Gasteiger charge is 2.24. The fraction of sp³-hybridized carbons (Fsp3) is 0.611. The summed E-state index contributed by atoms with van der Waals surface area (Å²) < 4.78 is 7.95. The Bertz CT molecular complexity index is 721. The lowest BCUT2D eigenvalue weighted by atomic mass is 9.99. The van der Waals surface area contributed by atoms with E-state index in [0.29, 0.717) is 30.9 Å². The van der Waals surface area contributed by atoms with E-state index in [1.165, 1.54) is 12.8 Å². The summed E-state index contributed by atoms with van der Waals surface area (Å²) in [7, 11) is 2.00. The number of aryl methyl sites for hydroxylation is 1. The van der Waals surface area contributed by atoms with Gasteiger partial charge in [-0.3, -0.25) is 9.69 Å². The molecule has 0 radical (unpaired) electrons. The van der Waals surface area contributed by atoms with Crippen molar-refractivity contribution in [1.82, 2.24) is 25.0 Å². The summed E-state index contributed by atoms with van der Waals surface area (Å²) in [5.74, 6) is 1.25. The first kappa shape index (κ1) is 17.7. The summed E-state index contributed by atoms with van der Waals surface area (Å²) in [6.45, 7) is 6.03. The van der Waals surface area contributed by atoms with Crippen molar-refractivity contribution in [3.63, 3.8) is 0 Å². The van der Waals surface area contributed by atoms with Crippen LogP contribution in [0.1, 0.15) is 44.2 Å². The zero-order chi connectivity index (χ0) is 17.8. The van der Waals surface area contributed by atoms with E-state index in [2.05, 4.69) is 25.0 Å². The molecule has 0 saturated carbocycles. The van der Waals surface area contributed by atoms with E-state index in [9.17, 15) is 4.79 Å². The quantitative estimate of drug-likeness (QED) is 0.869. The molecule has 1 fully saturated rings. The molecule has 0 spiro atoms. The molecular weight excluding hydrogens is 318 g/mol. The van der Waals surface area contributed by atoms with Gasteiger partial charge in [-0.05, 0) is 44.9 Å². The van der Waals surface area contributed by atoms with Gasteiger partial charge in [0.2, 0.25) is 11.8 Å². The Morgan fingerprint density at radius 3 is 2.92 bits per heavy atom. The summed E-state index contributed by atoms with van der Waals surface area (Å²) in [4.78, 5) is 13.5. The third-order valence-electron chi connectivity index (χ3n) is 5.00. The lowest BCUT2D eigenvalue weighted by Gasteiger charge is -2.34. The van der Waals surface area contributed by atoms with E-state index >= 15 is 0 Å². The maximum atomic E-state index is 11.1. The molecule has 7 heteroatoms. The predicted molar refractivity (Wildman–Crippen MR) is 94.8 cm³/mol. The largest absolute Gasteiger partial charge is 0.418 e. The number of likely N-dealkylation sites (tertiary alicyclic amines) is 1. The average Bonchev–Trinajstić information content (AvgIpc) is 3.16. The van der Waals surface area contributed by atoms with E-state index in [0.717, 1.165) is 30.8 Å². The van der Waals surface area contributed by atoms with Crippen molar-refractivity contribution in [3.8, 4) is 11.6 Å². The first-order valence-corrected chi connectivity index (χ1v) is 8.98. The van der Waals surface area contributed by atoms with E-state index in [4.69, 9.17) is 4.42 Å². The summed E-state index contributed by atoms with van der Waals surface area (Å²) in [5, 5.41) is 11.3. The number of hydrogen-bond donors (Lipinski definition) is 1. The summed E-state index contributed by atoms with van der Waals surface area (Å²) in [5.41, 5.74) is 2.10. The summed E-state index contributed by atoms with van der Waals surface area (Å²) in [6.07, 6.45) is 4.53. The second-order valence-corrected chi connectivity index (χ2v) is 6.81. The molecule has 0 bridgehead atoms. The maximum Gasteiger partial charge on any atom is 0.264 e. The van der Waals surface area contributed by atoms with Crippen LogP contribution in [0.3, 0.4) is 0 Å². The Morgan fingerprint density at radius 1 is 1.36 bits per heavy atom. The zero-order valence-electron chi connectivity index (χ0n) is 15.3. The van der Waals surface area contributed by atoms with Crippen LogP contribution >= 0.6 is 0 Å². The van der Waals surface area contributed by atoms with Crippen LogP contribution in [-0.2, 0) is 18.4 Å².